The zero-order valence-corrected chi connectivity index (χ0v) is 15.7. The molecule has 2 N–H and O–H groups in total. The molecule has 1 aromatic carbocycles. The van der Waals surface area contributed by atoms with Crippen LogP contribution >= 0.6 is 0 Å². The number of carboxylic acid groups (broad SMARTS) is 1. The van der Waals surface area contributed by atoms with Gasteiger partial charge >= 0.3 is 12.0 Å². The lowest BCUT2D eigenvalue weighted by molar-refractivity contribution is -0.147. The predicted molar refractivity (Wildman–Crippen MR) is 100 cm³/mol. The highest BCUT2D eigenvalue weighted by Crippen LogP contribution is 2.30. The molecule has 0 bridgehead atoms. The van der Waals surface area contributed by atoms with Crippen LogP contribution in [-0.4, -0.2) is 65.0 Å². The summed E-state index contributed by atoms with van der Waals surface area (Å²) in [7, 11) is 0. The first kappa shape index (κ1) is 19.2. The summed E-state index contributed by atoms with van der Waals surface area (Å²) in [6.07, 6.45) is 2.37. The van der Waals surface area contributed by atoms with E-state index < -0.39 is 11.4 Å². The first-order valence-electron chi connectivity index (χ1n) is 9.48. The highest BCUT2D eigenvalue weighted by Gasteiger charge is 2.42. The van der Waals surface area contributed by atoms with Crippen molar-refractivity contribution < 1.29 is 19.5 Å². The molecule has 0 saturated carbocycles. The number of nitrogens with zero attached hydrogens (tertiary/aromatic N) is 2. The van der Waals surface area contributed by atoms with Crippen LogP contribution in [0.25, 0.3) is 0 Å². The van der Waals surface area contributed by atoms with Crippen molar-refractivity contribution in [2.45, 2.75) is 38.6 Å². The Hall–Kier alpha value is -2.57. The zero-order chi connectivity index (χ0) is 19.4. The lowest BCUT2D eigenvalue weighted by Crippen LogP contribution is -2.46. The normalized spacial score (nSPS) is 24.9. The highest BCUT2D eigenvalue weighted by atomic mass is 16.4. The van der Waals surface area contributed by atoms with Crippen molar-refractivity contribution in [3.05, 3.63) is 35.9 Å². The van der Waals surface area contributed by atoms with Crippen molar-refractivity contribution in [2.24, 2.45) is 5.41 Å². The van der Waals surface area contributed by atoms with Crippen LogP contribution in [0.4, 0.5) is 4.79 Å². The van der Waals surface area contributed by atoms with E-state index in [1.807, 2.05) is 30.3 Å². The Morgan fingerprint density at radius 2 is 1.93 bits per heavy atom. The maximum atomic E-state index is 12.4. The maximum Gasteiger partial charge on any atom is 0.317 e. The van der Waals surface area contributed by atoms with Crippen molar-refractivity contribution in [1.29, 1.82) is 0 Å². The topological polar surface area (TPSA) is 89.9 Å². The molecule has 3 rings (SSSR count). The minimum atomic E-state index is -0.869. The number of aryl methyl sites for hydroxylation is 1. The van der Waals surface area contributed by atoms with E-state index in [2.05, 4.69) is 5.32 Å². The Morgan fingerprint density at radius 3 is 2.59 bits per heavy atom. The second-order valence-electron chi connectivity index (χ2n) is 7.80. The summed E-state index contributed by atoms with van der Waals surface area (Å²) in [6.45, 7) is 3.50. The van der Waals surface area contributed by atoms with E-state index in [-0.39, 0.29) is 24.5 Å². The molecule has 2 aliphatic rings. The maximum absolute atomic E-state index is 12.4. The molecule has 2 unspecified atom stereocenters. The van der Waals surface area contributed by atoms with E-state index in [4.69, 9.17) is 0 Å². The Bertz CT molecular complexity index is 708. The predicted octanol–water partition coefficient (Wildman–Crippen LogP) is 1.73. The number of nitrogens with one attached hydrogen (secondary N) is 1. The molecule has 0 radical (unpaired) electrons. The van der Waals surface area contributed by atoms with Crippen LogP contribution in [0.2, 0.25) is 0 Å². The van der Waals surface area contributed by atoms with Gasteiger partial charge in [-0.1, -0.05) is 30.3 Å². The van der Waals surface area contributed by atoms with Crippen molar-refractivity contribution in [1.82, 2.24) is 15.1 Å². The van der Waals surface area contributed by atoms with E-state index in [1.165, 1.54) is 0 Å². The first-order valence-corrected chi connectivity index (χ1v) is 9.48. The summed E-state index contributed by atoms with van der Waals surface area (Å²) in [5, 5.41) is 12.2. The number of likely N-dealkylation sites (tertiary alicyclic amines) is 2. The third-order valence-electron chi connectivity index (χ3n) is 5.62. The summed E-state index contributed by atoms with van der Waals surface area (Å²) < 4.78 is 0. The number of rotatable bonds is 5. The smallest absolute Gasteiger partial charge is 0.317 e. The summed E-state index contributed by atoms with van der Waals surface area (Å²) in [5.74, 6) is -0.760. The van der Waals surface area contributed by atoms with Gasteiger partial charge in [-0.15, -0.1) is 0 Å². The van der Waals surface area contributed by atoms with E-state index in [1.54, 1.807) is 16.7 Å². The Kier molecular flexibility index (Phi) is 5.68. The second kappa shape index (κ2) is 7.98. The number of hydrogen-bond acceptors (Lipinski definition) is 3. The second-order valence-corrected chi connectivity index (χ2v) is 7.80. The minimum absolute atomic E-state index is 0.0742. The largest absolute Gasteiger partial charge is 0.481 e. The van der Waals surface area contributed by atoms with Gasteiger partial charge in [-0.05, 0) is 31.7 Å². The van der Waals surface area contributed by atoms with Gasteiger partial charge in [0.05, 0.1) is 5.41 Å². The lowest BCUT2D eigenvalue weighted by atomic mass is 9.90. The molecule has 0 spiro atoms. The molecule has 3 amide bonds. The van der Waals surface area contributed by atoms with Crippen molar-refractivity contribution in [3.63, 3.8) is 0 Å². The molecule has 7 heteroatoms. The van der Waals surface area contributed by atoms with Crippen molar-refractivity contribution in [3.8, 4) is 0 Å². The van der Waals surface area contributed by atoms with Gasteiger partial charge in [0.1, 0.15) is 0 Å². The third kappa shape index (κ3) is 4.59. The zero-order valence-electron chi connectivity index (χ0n) is 15.7. The standard InChI is InChI=1S/C20H27N3O4/c1-20(18(25)26)10-12-23(14-20)19(27)21-16-9-11-22(13-16)17(24)8-7-15-5-3-2-4-6-15/h2-6,16H,7-14H2,1H3,(H,21,27)(H,25,26). The SMILES string of the molecule is CC1(C(=O)O)CCN(C(=O)NC2CCN(C(=O)CCc3ccccc3)C2)C1. The van der Waals surface area contributed by atoms with E-state index in [9.17, 15) is 19.5 Å². The Balaban J connectivity index is 1.43. The van der Waals surface area contributed by atoms with Gasteiger partial charge in [-0.2, -0.15) is 0 Å². The molecule has 0 aromatic heterocycles. The van der Waals surface area contributed by atoms with Crippen LogP contribution < -0.4 is 5.32 Å². The number of aliphatic carboxylic acids is 1. The number of benzene rings is 1. The molecular formula is C20H27N3O4. The summed E-state index contributed by atoms with van der Waals surface area (Å²) >= 11 is 0. The summed E-state index contributed by atoms with van der Waals surface area (Å²) in [5.41, 5.74) is 0.275. The molecule has 2 atom stereocenters. The Labute approximate surface area is 159 Å². The molecule has 2 saturated heterocycles. The molecule has 1 aromatic rings. The molecule has 2 aliphatic heterocycles. The lowest BCUT2D eigenvalue weighted by Gasteiger charge is -2.23. The first-order chi connectivity index (χ1) is 12.9. The molecule has 146 valence electrons. The van der Waals surface area contributed by atoms with Gasteiger partial charge in [0.2, 0.25) is 5.91 Å². The number of carbonyl (C=O) groups excluding carboxylic acids is 2. The minimum Gasteiger partial charge on any atom is -0.481 e. The van der Waals surface area contributed by atoms with Gasteiger partial charge in [0.25, 0.3) is 0 Å². The number of amides is 3. The van der Waals surface area contributed by atoms with Crippen LogP contribution in [0.5, 0.6) is 0 Å². The molecule has 27 heavy (non-hydrogen) atoms. The van der Waals surface area contributed by atoms with Crippen LogP contribution in [-0.2, 0) is 16.0 Å². The fourth-order valence-electron chi connectivity index (χ4n) is 3.73. The number of carboxylic acids is 1. The van der Waals surface area contributed by atoms with Gasteiger partial charge in [0.15, 0.2) is 0 Å². The van der Waals surface area contributed by atoms with Gasteiger partial charge in [-0.25, -0.2) is 4.79 Å². The number of carbonyl (C=O) groups is 3. The van der Waals surface area contributed by atoms with Crippen LogP contribution in [0.15, 0.2) is 30.3 Å². The Morgan fingerprint density at radius 1 is 1.19 bits per heavy atom. The average molecular weight is 373 g/mol. The van der Waals surface area contributed by atoms with Gasteiger partial charge < -0.3 is 20.2 Å². The van der Waals surface area contributed by atoms with Crippen molar-refractivity contribution in [2.75, 3.05) is 26.2 Å². The van der Waals surface area contributed by atoms with E-state index in [0.717, 1.165) is 18.4 Å². The molecule has 0 aliphatic carbocycles. The number of hydrogen-bond donors (Lipinski definition) is 2. The van der Waals surface area contributed by atoms with E-state index >= 15 is 0 Å². The highest BCUT2D eigenvalue weighted by molar-refractivity contribution is 5.80. The molecule has 2 heterocycles. The fourth-order valence-corrected chi connectivity index (χ4v) is 3.73. The van der Waals surface area contributed by atoms with Gasteiger partial charge in [-0.3, -0.25) is 9.59 Å². The van der Waals surface area contributed by atoms with Gasteiger partial charge in [0, 0.05) is 38.6 Å². The van der Waals surface area contributed by atoms with Crippen LogP contribution in [0.3, 0.4) is 0 Å². The summed E-state index contributed by atoms with van der Waals surface area (Å²) in [4.78, 5) is 39.5. The number of urea groups is 1. The quantitative estimate of drug-likeness (QED) is 0.822. The van der Waals surface area contributed by atoms with Crippen LogP contribution in [0.1, 0.15) is 31.7 Å². The van der Waals surface area contributed by atoms with Crippen molar-refractivity contribution >= 4 is 17.9 Å². The average Bonchev–Trinajstić information content (AvgIpc) is 3.28. The van der Waals surface area contributed by atoms with E-state index in [0.29, 0.717) is 32.5 Å². The summed E-state index contributed by atoms with van der Waals surface area (Å²) in [6, 6.07) is 9.61. The third-order valence-corrected chi connectivity index (χ3v) is 5.62. The molecular weight excluding hydrogens is 346 g/mol. The molecule has 7 nitrogen and oxygen atoms in total. The fraction of sp³-hybridized carbons (Fsp3) is 0.550. The monoisotopic (exact) mass is 373 g/mol. The van der Waals surface area contributed by atoms with Crippen LogP contribution in [0, 0.1) is 5.41 Å². The molecule has 2 fully saturated rings.